The van der Waals surface area contributed by atoms with Gasteiger partial charge in [0.1, 0.15) is 0 Å². The van der Waals surface area contributed by atoms with Gasteiger partial charge in [0.05, 0.1) is 6.04 Å². The molecule has 1 amide bonds. The fourth-order valence-corrected chi connectivity index (χ4v) is 5.46. The maximum absolute atomic E-state index is 13.0. The average Bonchev–Trinajstić information content (AvgIpc) is 2.80. The molecule has 0 radical (unpaired) electrons. The molecule has 1 heterocycles. The molecule has 1 atom stereocenters. The fraction of sp³-hybridized carbons (Fsp3) is 0.500. The first-order valence-electron chi connectivity index (χ1n) is 11.6. The molecule has 1 saturated heterocycles. The molecule has 1 aliphatic heterocycles. The van der Waals surface area contributed by atoms with Crippen molar-refractivity contribution in [1.29, 1.82) is 0 Å². The minimum absolute atomic E-state index is 0.0737. The molecule has 1 aliphatic carbocycles. The van der Waals surface area contributed by atoms with Crippen LogP contribution in [0.5, 0.6) is 0 Å². The molecule has 3 nitrogen and oxygen atoms in total. The van der Waals surface area contributed by atoms with Crippen molar-refractivity contribution in [2.45, 2.75) is 64.5 Å². The maximum Gasteiger partial charge on any atom is 0.223 e. The highest BCUT2D eigenvalue weighted by Crippen LogP contribution is 2.29. The average molecular weight is 459 g/mol. The van der Waals surface area contributed by atoms with Crippen LogP contribution in [-0.2, 0) is 24.2 Å². The van der Waals surface area contributed by atoms with Gasteiger partial charge in [-0.15, -0.1) is 0 Å². The van der Waals surface area contributed by atoms with Gasteiger partial charge in [0.2, 0.25) is 5.91 Å². The molecule has 0 bridgehead atoms. The van der Waals surface area contributed by atoms with Gasteiger partial charge in [-0.3, -0.25) is 9.69 Å². The first-order chi connectivity index (χ1) is 15.0. The number of rotatable bonds is 6. The van der Waals surface area contributed by atoms with Gasteiger partial charge in [0.25, 0.3) is 0 Å². The predicted molar refractivity (Wildman–Crippen MR) is 129 cm³/mol. The third kappa shape index (κ3) is 5.45. The topological polar surface area (TPSA) is 32.3 Å². The van der Waals surface area contributed by atoms with E-state index >= 15 is 0 Å². The number of nitrogens with zero attached hydrogens (tertiary/aromatic N) is 1. The molecular weight excluding hydrogens is 427 g/mol. The van der Waals surface area contributed by atoms with Crippen molar-refractivity contribution in [2.75, 3.05) is 13.1 Å². The number of hydrogen-bond donors (Lipinski definition) is 1. The highest BCUT2D eigenvalue weighted by Gasteiger charge is 2.27. The monoisotopic (exact) mass is 458 g/mol. The van der Waals surface area contributed by atoms with Crippen LogP contribution in [0.15, 0.2) is 36.4 Å². The van der Waals surface area contributed by atoms with E-state index in [1.807, 2.05) is 18.2 Å². The number of likely N-dealkylation sites (tertiary alicyclic amines) is 1. The molecule has 1 N–H and O–H groups in total. The first kappa shape index (κ1) is 22.6. The van der Waals surface area contributed by atoms with Crippen LogP contribution >= 0.6 is 23.2 Å². The summed E-state index contributed by atoms with van der Waals surface area (Å²) in [6.45, 7) is 4.66. The Labute approximate surface area is 196 Å². The second-order valence-corrected chi connectivity index (χ2v) is 9.77. The predicted octanol–water partition coefficient (Wildman–Crippen LogP) is 6.35. The molecule has 5 heteroatoms. The number of aryl methyl sites for hydroxylation is 2. The highest BCUT2D eigenvalue weighted by atomic mass is 35.5. The molecule has 2 aromatic carbocycles. The van der Waals surface area contributed by atoms with E-state index in [9.17, 15) is 4.79 Å². The van der Waals surface area contributed by atoms with E-state index in [2.05, 4.69) is 35.3 Å². The van der Waals surface area contributed by atoms with Crippen molar-refractivity contribution >= 4 is 29.1 Å². The molecule has 0 aromatic heterocycles. The van der Waals surface area contributed by atoms with Gasteiger partial charge < -0.3 is 5.32 Å². The van der Waals surface area contributed by atoms with Gasteiger partial charge in [0, 0.05) is 28.1 Å². The zero-order valence-electron chi connectivity index (χ0n) is 18.3. The number of benzene rings is 2. The van der Waals surface area contributed by atoms with Crippen molar-refractivity contribution < 1.29 is 4.79 Å². The summed E-state index contributed by atoms with van der Waals surface area (Å²) in [5.41, 5.74) is 5.19. The molecule has 2 aliphatic rings. The molecule has 0 spiro atoms. The van der Waals surface area contributed by atoms with Crippen LogP contribution in [-0.4, -0.2) is 23.9 Å². The third-order valence-corrected chi connectivity index (χ3v) is 7.61. The lowest BCUT2D eigenvalue weighted by atomic mass is 9.88. The summed E-state index contributed by atoms with van der Waals surface area (Å²) in [6.07, 6.45) is 7.58. The molecule has 0 unspecified atom stereocenters. The molecule has 4 rings (SSSR count). The number of hydrogen-bond acceptors (Lipinski definition) is 2. The second kappa shape index (κ2) is 10.4. The van der Waals surface area contributed by atoms with Crippen molar-refractivity contribution in [2.24, 2.45) is 5.92 Å². The number of carbonyl (C=O) groups is 1. The summed E-state index contributed by atoms with van der Waals surface area (Å²) in [7, 11) is 0. The molecule has 1 fully saturated rings. The van der Waals surface area contributed by atoms with Gasteiger partial charge >= 0.3 is 0 Å². The molecular formula is C26H32Cl2N2O. The minimum atomic E-state index is 0.0737. The van der Waals surface area contributed by atoms with Crippen molar-refractivity contribution in [1.82, 2.24) is 10.2 Å². The molecule has 0 saturated carbocycles. The largest absolute Gasteiger partial charge is 0.349 e. The number of nitrogens with one attached hydrogen (secondary N) is 1. The zero-order chi connectivity index (χ0) is 21.8. The van der Waals surface area contributed by atoms with E-state index in [0.29, 0.717) is 10.0 Å². The summed E-state index contributed by atoms with van der Waals surface area (Å²) < 4.78 is 0. The van der Waals surface area contributed by atoms with Gasteiger partial charge in [-0.2, -0.15) is 0 Å². The van der Waals surface area contributed by atoms with Crippen LogP contribution < -0.4 is 5.32 Å². The van der Waals surface area contributed by atoms with Crippen molar-refractivity contribution in [3.05, 3.63) is 68.7 Å². The standard InChI is InChI=1S/C26H32Cl2N2O/c1-2-25(21-11-10-18-6-3-4-7-20(18)16-21)29-26(31)19-12-14-30(15-13-19)17-22-23(27)8-5-9-24(22)28/h5,8-11,16,19,25H,2-4,6-7,12-15,17H2,1H3,(H,29,31)/t25-/m0/s1. The summed E-state index contributed by atoms with van der Waals surface area (Å²) >= 11 is 12.7. The molecule has 2 aromatic rings. The minimum Gasteiger partial charge on any atom is -0.349 e. The number of halogens is 2. The zero-order valence-corrected chi connectivity index (χ0v) is 19.8. The Morgan fingerprint density at radius 3 is 2.42 bits per heavy atom. The van der Waals surface area contributed by atoms with Crippen LogP contribution in [0.1, 0.15) is 67.3 Å². The first-order valence-corrected chi connectivity index (χ1v) is 12.4. The Kier molecular flexibility index (Phi) is 7.58. The van der Waals surface area contributed by atoms with Gasteiger partial charge in [0.15, 0.2) is 0 Å². The van der Waals surface area contributed by atoms with Crippen LogP contribution in [0.2, 0.25) is 10.0 Å². The van der Waals surface area contributed by atoms with Gasteiger partial charge in [-0.05, 0) is 86.9 Å². The summed E-state index contributed by atoms with van der Waals surface area (Å²) in [6, 6.07) is 12.6. The van der Waals surface area contributed by atoms with Crippen LogP contribution in [0.25, 0.3) is 0 Å². The van der Waals surface area contributed by atoms with Crippen LogP contribution in [0.3, 0.4) is 0 Å². The van der Waals surface area contributed by atoms with E-state index < -0.39 is 0 Å². The quantitative estimate of drug-likeness (QED) is 0.546. The van der Waals surface area contributed by atoms with Crippen LogP contribution in [0, 0.1) is 5.92 Å². The lowest BCUT2D eigenvalue weighted by Gasteiger charge is -2.32. The summed E-state index contributed by atoms with van der Waals surface area (Å²) in [5, 5.41) is 4.77. The number of carbonyl (C=O) groups excluding carboxylic acids is 1. The van der Waals surface area contributed by atoms with Crippen LogP contribution in [0.4, 0.5) is 0 Å². The van der Waals surface area contributed by atoms with Gasteiger partial charge in [-0.25, -0.2) is 0 Å². The Bertz CT molecular complexity index is 901. The smallest absolute Gasteiger partial charge is 0.223 e. The SMILES string of the molecule is CC[C@H](NC(=O)C1CCN(Cc2c(Cl)cccc2Cl)CC1)c1ccc2c(c1)CCCC2. The Morgan fingerprint density at radius 2 is 1.74 bits per heavy atom. The van der Waals surface area contributed by atoms with Crippen molar-refractivity contribution in [3.63, 3.8) is 0 Å². The molecule has 31 heavy (non-hydrogen) atoms. The van der Waals surface area contributed by atoms with E-state index in [1.54, 1.807) is 0 Å². The number of fused-ring (bicyclic) bond motifs is 1. The second-order valence-electron chi connectivity index (χ2n) is 8.96. The fourth-order valence-electron chi connectivity index (χ4n) is 4.94. The van der Waals surface area contributed by atoms with E-state index in [-0.39, 0.29) is 17.9 Å². The highest BCUT2D eigenvalue weighted by molar-refractivity contribution is 6.35. The van der Waals surface area contributed by atoms with E-state index in [1.165, 1.54) is 42.4 Å². The van der Waals surface area contributed by atoms with E-state index in [4.69, 9.17) is 23.2 Å². The maximum atomic E-state index is 13.0. The molecule has 166 valence electrons. The van der Waals surface area contributed by atoms with Crippen molar-refractivity contribution in [3.8, 4) is 0 Å². The normalized spacial score (nSPS) is 18.4. The lowest BCUT2D eigenvalue weighted by molar-refractivity contribution is -0.127. The third-order valence-electron chi connectivity index (χ3n) is 6.90. The lowest BCUT2D eigenvalue weighted by Crippen LogP contribution is -2.41. The number of piperidine rings is 1. The Hall–Kier alpha value is -1.55. The van der Waals surface area contributed by atoms with Gasteiger partial charge in [-0.1, -0.05) is 54.4 Å². The number of amides is 1. The van der Waals surface area contributed by atoms with E-state index in [0.717, 1.165) is 44.5 Å². The summed E-state index contributed by atoms with van der Waals surface area (Å²) in [5.74, 6) is 0.268. The Balaban J connectivity index is 1.33. The Morgan fingerprint density at radius 1 is 1.06 bits per heavy atom. The summed E-state index contributed by atoms with van der Waals surface area (Å²) in [4.78, 5) is 15.4.